The Morgan fingerprint density at radius 2 is 1.52 bits per heavy atom. The van der Waals surface area contributed by atoms with E-state index in [9.17, 15) is 14.4 Å². The topological polar surface area (TPSA) is 81.7 Å². The molecule has 0 saturated heterocycles. The lowest BCUT2D eigenvalue weighted by molar-refractivity contribution is -0.141. The van der Waals surface area contributed by atoms with E-state index in [0.29, 0.717) is 0 Å². The summed E-state index contributed by atoms with van der Waals surface area (Å²) in [6, 6.07) is -0.264. The van der Waals surface area contributed by atoms with Gasteiger partial charge in [-0.15, -0.1) is 0 Å². The quantitative estimate of drug-likeness (QED) is 0.542. The Bertz CT molecular complexity index is 388. The van der Waals surface area contributed by atoms with Crippen molar-refractivity contribution in [3.8, 4) is 0 Å². The van der Waals surface area contributed by atoms with E-state index >= 15 is 0 Å². The van der Waals surface area contributed by atoms with Gasteiger partial charge in [0.05, 0.1) is 12.6 Å². The van der Waals surface area contributed by atoms with E-state index in [1.165, 1.54) is 0 Å². The van der Waals surface area contributed by atoms with E-state index in [-0.39, 0.29) is 37.0 Å². The van der Waals surface area contributed by atoms with Crippen LogP contribution in [-0.2, 0) is 23.9 Å². The molecule has 120 valence electrons. The highest BCUT2D eigenvalue weighted by Gasteiger charge is 2.19. The van der Waals surface area contributed by atoms with Gasteiger partial charge >= 0.3 is 11.9 Å². The highest BCUT2D eigenvalue weighted by atomic mass is 16.5. The van der Waals surface area contributed by atoms with Gasteiger partial charge in [-0.1, -0.05) is 27.7 Å². The van der Waals surface area contributed by atoms with Crippen molar-refractivity contribution in [2.24, 2.45) is 11.8 Å². The highest BCUT2D eigenvalue weighted by molar-refractivity contribution is 5.91. The zero-order valence-electron chi connectivity index (χ0n) is 13.3. The number of hydrogen-bond donors (Lipinski definition) is 1. The molecular weight excluding hydrogens is 274 g/mol. The third-order valence-electron chi connectivity index (χ3n) is 2.70. The van der Waals surface area contributed by atoms with Crippen molar-refractivity contribution in [1.82, 2.24) is 5.32 Å². The smallest absolute Gasteiger partial charge is 0.331 e. The monoisotopic (exact) mass is 299 g/mol. The minimum atomic E-state index is -0.646. The lowest BCUT2D eigenvalue weighted by atomic mass is 10.0. The van der Waals surface area contributed by atoms with Gasteiger partial charge in [-0.05, 0) is 12.8 Å². The van der Waals surface area contributed by atoms with E-state index in [1.807, 2.05) is 13.8 Å². The number of hydrogen-bond acceptors (Lipinski definition) is 5. The molecule has 0 spiro atoms. The molecule has 0 aliphatic carbocycles. The van der Waals surface area contributed by atoms with Crippen LogP contribution >= 0.6 is 0 Å². The summed E-state index contributed by atoms with van der Waals surface area (Å²) in [5.74, 6) is -1.34. The predicted molar refractivity (Wildman–Crippen MR) is 78.3 cm³/mol. The predicted octanol–water partition coefficient (Wildman–Crippen LogP) is 1.45. The molecule has 1 atom stereocenters. The van der Waals surface area contributed by atoms with Crippen LogP contribution in [0.1, 0.15) is 34.6 Å². The fourth-order valence-corrected chi connectivity index (χ4v) is 1.30. The fourth-order valence-electron chi connectivity index (χ4n) is 1.30. The number of amides is 1. The summed E-state index contributed by atoms with van der Waals surface area (Å²) in [6.45, 7) is 9.41. The summed E-state index contributed by atoms with van der Waals surface area (Å²) in [6.07, 6.45) is 2.03. The minimum absolute atomic E-state index is 0.0577. The normalized spacial score (nSPS) is 12.5. The van der Waals surface area contributed by atoms with Crippen LogP contribution in [0.4, 0.5) is 0 Å². The molecule has 0 heterocycles. The van der Waals surface area contributed by atoms with E-state index in [0.717, 1.165) is 12.2 Å². The van der Waals surface area contributed by atoms with Crippen molar-refractivity contribution < 1.29 is 23.9 Å². The number of nitrogens with one attached hydrogen (secondary N) is 1. The maximum atomic E-state index is 11.7. The van der Waals surface area contributed by atoms with Crippen LogP contribution in [0.25, 0.3) is 0 Å². The molecule has 1 amide bonds. The first kappa shape index (κ1) is 19.1. The molecule has 0 aromatic rings. The van der Waals surface area contributed by atoms with Crippen molar-refractivity contribution in [1.29, 1.82) is 0 Å². The molecule has 6 nitrogen and oxygen atoms in total. The van der Waals surface area contributed by atoms with Crippen molar-refractivity contribution in [2.75, 3.05) is 13.2 Å². The van der Waals surface area contributed by atoms with Crippen LogP contribution in [0, 0.1) is 11.8 Å². The van der Waals surface area contributed by atoms with E-state index in [1.54, 1.807) is 20.8 Å². The Hall–Kier alpha value is -1.85. The summed E-state index contributed by atoms with van der Waals surface area (Å²) in [5, 5.41) is 2.82. The van der Waals surface area contributed by atoms with E-state index in [2.05, 4.69) is 10.1 Å². The minimum Gasteiger partial charge on any atom is -0.463 e. The van der Waals surface area contributed by atoms with Gasteiger partial charge in [0.15, 0.2) is 0 Å². The summed E-state index contributed by atoms with van der Waals surface area (Å²) < 4.78 is 9.67. The SMILES string of the molecule is CCOC(=O)/C=C/C(=O)OC[C@@H](NC(=O)C(C)C)C(C)C. The van der Waals surface area contributed by atoms with Gasteiger partial charge in [-0.3, -0.25) is 4.79 Å². The molecule has 0 aliphatic rings. The summed E-state index contributed by atoms with van der Waals surface area (Å²) >= 11 is 0. The largest absolute Gasteiger partial charge is 0.463 e. The molecule has 0 fully saturated rings. The summed E-state index contributed by atoms with van der Waals surface area (Å²) in [5.41, 5.74) is 0. The summed E-state index contributed by atoms with van der Waals surface area (Å²) in [4.78, 5) is 34.2. The van der Waals surface area contributed by atoms with Crippen LogP contribution in [0.3, 0.4) is 0 Å². The molecule has 1 N–H and O–H groups in total. The van der Waals surface area contributed by atoms with Crippen molar-refractivity contribution in [3.05, 3.63) is 12.2 Å². The Morgan fingerprint density at radius 1 is 1.00 bits per heavy atom. The van der Waals surface area contributed by atoms with Gasteiger partial charge in [-0.2, -0.15) is 0 Å². The third kappa shape index (κ3) is 8.83. The van der Waals surface area contributed by atoms with Crippen LogP contribution in [0.15, 0.2) is 12.2 Å². The Balaban J connectivity index is 4.33. The highest BCUT2D eigenvalue weighted by Crippen LogP contribution is 2.04. The lowest BCUT2D eigenvalue weighted by Gasteiger charge is -2.22. The Morgan fingerprint density at radius 3 is 1.95 bits per heavy atom. The van der Waals surface area contributed by atoms with Gasteiger partial charge in [0.1, 0.15) is 6.61 Å². The Labute approximate surface area is 125 Å². The van der Waals surface area contributed by atoms with Crippen molar-refractivity contribution >= 4 is 17.8 Å². The molecule has 0 aromatic carbocycles. The van der Waals surface area contributed by atoms with Crippen molar-refractivity contribution in [3.63, 3.8) is 0 Å². The fraction of sp³-hybridized carbons (Fsp3) is 0.667. The van der Waals surface area contributed by atoms with Crippen LogP contribution in [0.5, 0.6) is 0 Å². The molecule has 0 bridgehead atoms. The number of carbonyl (C=O) groups is 3. The first-order valence-corrected chi connectivity index (χ1v) is 7.09. The molecule has 0 rings (SSSR count). The molecule has 0 radical (unpaired) electrons. The third-order valence-corrected chi connectivity index (χ3v) is 2.70. The van der Waals surface area contributed by atoms with Gasteiger partial charge in [0.25, 0.3) is 0 Å². The summed E-state index contributed by atoms with van der Waals surface area (Å²) in [7, 11) is 0. The number of rotatable bonds is 8. The van der Waals surface area contributed by atoms with Crippen LogP contribution < -0.4 is 5.32 Å². The van der Waals surface area contributed by atoms with Gasteiger partial charge < -0.3 is 14.8 Å². The van der Waals surface area contributed by atoms with Gasteiger partial charge in [0.2, 0.25) is 5.91 Å². The lowest BCUT2D eigenvalue weighted by Crippen LogP contribution is -2.44. The second-order valence-corrected chi connectivity index (χ2v) is 5.23. The molecule has 21 heavy (non-hydrogen) atoms. The second-order valence-electron chi connectivity index (χ2n) is 5.23. The number of ether oxygens (including phenoxy) is 2. The first-order valence-electron chi connectivity index (χ1n) is 7.09. The maximum absolute atomic E-state index is 11.7. The first-order chi connectivity index (χ1) is 9.77. The molecule has 6 heteroatoms. The maximum Gasteiger partial charge on any atom is 0.331 e. The zero-order chi connectivity index (χ0) is 16.4. The van der Waals surface area contributed by atoms with Crippen LogP contribution in [-0.4, -0.2) is 37.1 Å². The number of carbonyl (C=O) groups excluding carboxylic acids is 3. The second kappa shape index (κ2) is 9.96. The van der Waals surface area contributed by atoms with Crippen molar-refractivity contribution in [2.45, 2.75) is 40.7 Å². The molecule has 0 aromatic heterocycles. The van der Waals surface area contributed by atoms with Gasteiger partial charge in [-0.25, -0.2) is 9.59 Å². The van der Waals surface area contributed by atoms with Gasteiger partial charge in [0, 0.05) is 18.1 Å². The van der Waals surface area contributed by atoms with E-state index < -0.39 is 11.9 Å². The average Bonchev–Trinajstić information content (AvgIpc) is 2.40. The molecular formula is C15H25NO5. The van der Waals surface area contributed by atoms with E-state index in [4.69, 9.17) is 4.74 Å². The Kier molecular flexibility index (Phi) is 9.08. The van der Waals surface area contributed by atoms with Crippen LogP contribution in [0.2, 0.25) is 0 Å². The number of esters is 2. The standard InChI is InChI=1S/C15H25NO5/c1-6-20-13(17)7-8-14(18)21-9-12(10(2)3)16-15(19)11(4)5/h7-8,10-12H,6,9H2,1-5H3,(H,16,19)/b8-7+/t12-/m1/s1. The molecule has 0 unspecified atom stereocenters. The molecule has 0 saturated carbocycles. The average molecular weight is 299 g/mol. The molecule has 0 aliphatic heterocycles. The zero-order valence-corrected chi connectivity index (χ0v) is 13.3.